The summed E-state index contributed by atoms with van der Waals surface area (Å²) in [6.07, 6.45) is 16.6. The maximum Gasteiger partial charge on any atom is 0.0543 e. The molecule has 4 saturated carbocycles. The van der Waals surface area contributed by atoms with Crippen LogP contribution >= 0.6 is 0 Å². The third-order valence-electron chi connectivity index (χ3n) is 10.8. The number of hydrogen-bond donors (Lipinski definition) is 1. The van der Waals surface area contributed by atoms with Crippen molar-refractivity contribution in [1.29, 1.82) is 0 Å². The topological polar surface area (TPSA) is 20.2 Å². The van der Waals surface area contributed by atoms with Crippen molar-refractivity contribution in [3.63, 3.8) is 0 Å². The van der Waals surface area contributed by atoms with Gasteiger partial charge in [0, 0.05) is 0 Å². The lowest BCUT2D eigenvalue weighted by Crippen LogP contribution is -2.54. The number of aliphatic hydroxyl groups excluding tert-OH is 1. The Labute approximate surface area is 175 Å². The molecule has 0 aromatic heterocycles. The minimum atomic E-state index is -0.00830. The van der Waals surface area contributed by atoms with Gasteiger partial charge in [-0.05, 0) is 110 Å². The van der Waals surface area contributed by atoms with E-state index in [0.29, 0.717) is 10.8 Å². The van der Waals surface area contributed by atoms with E-state index in [9.17, 15) is 5.11 Å². The van der Waals surface area contributed by atoms with Crippen LogP contribution in [0, 0.1) is 52.3 Å². The van der Waals surface area contributed by atoms with Crippen LogP contribution in [0.25, 0.3) is 0 Å². The molecule has 8 unspecified atom stereocenters. The van der Waals surface area contributed by atoms with Crippen LogP contribution in [0.15, 0.2) is 0 Å². The first-order chi connectivity index (χ1) is 13.3. The predicted octanol–water partition coefficient (Wildman–Crippen LogP) is 7.47. The summed E-state index contributed by atoms with van der Waals surface area (Å²) in [6.45, 7) is 12.7. The molecule has 9 atom stereocenters. The standard InChI is InChI=1S/C27H48O/c1-18(2)7-6-8-19(3)23-11-12-24-22-10-9-20-17-21(28)13-15-26(20,4)25(22)14-16-27(23,24)5/h18-25,28H,6-17H2,1-5H3/t19-,20?,21?,22?,23?,24?,25?,26?,27?/m0/s1. The van der Waals surface area contributed by atoms with Gasteiger partial charge in [-0.25, -0.2) is 0 Å². The van der Waals surface area contributed by atoms with E-state index in [1.165, 1.54) is 64.2 Å². The lowest BCUT2D eigenvalue weighted by atomic mass is 9.44. The molecule has 28 heavy (non-hydrogen) atoms. The second kappa shape index (κ2) is 7.90. The Morgan fingerprint density at radius 3 is 2.29 bits per heavy atom. The maximum absolute atomic E-state index is 10.3. The maximum atomic E-state index is 10.3. The normalized spacial score (nSPS) is 49.4. The van der Waals surface area contributed by atoms with Crippen molar-refractivity contribution in [3.05, 3.63) is 0 Å². The summed E-state index contributed by atoms with van der Waals surface area (Å²) in [5, 5.41) is 10.3. The van der Waals surface area contributed by atoms with Gasteiger partial charge in [0.1, 0.15) is 0 Å². The van der Waals surface area contributed by atoms with Crippen LogP contribution < -0.4 is 0 Å². The molecule has 162 valence electrons. The van der Waals surface area contributed by atoms with E-state index < -0.39 is 0 Å². The summed E-state index contributed by atoms with van der Waals surface area (Å²) in [5.74, 6) is 6.49. The zero-order valence-corrected chi connectivity index (χ0v) is 19.6. The van der Waals surface area contributed by atoms with E-state index in [4.69, 9.17) is 0 Å². The Kier molecular flexibility index (Phi) is 5.98. The van der Waals surface area contributed by atoms with Crippen LogP contribution in [-0.4, -0.2) is 11.2 Å². The third kappa shape index (κ3) is 3.50. The first-order valence-electron chi connectivity index (χ1n) is 12.9. The van der Waals surface area contributed by atoms with E-state index in [0.717, 1.165) is 54.3 Å². The van der Waals surface area contributed by atoms with Crippen molar-refractivity contribution in [2.45, 2.75) is 118 Å². The van der Waals surface area contributed by atoms with Crippen LogP contribution in [0.1, 0.15) is 112 Å². The molecular formula is C27H48O. The molecule has 4 fully saturated rings. The lowest BCUT2D eigenvalue weighted by Gasteiger charge is -2.61. The molecule has 1 nitrogen and oxygen atoms in total. The van der Waals surface area contributed by atoms with Gasteiger partial charge in [-0.3, -0.25) is 0 Å². The van der Waals surface area contributed by atoms with E-state index >= 15 is 0 Å². The molecule has 4 aliphatic rings. The fourth-order valence-corrected chi connectivity index (χ4v) is 9.26. The molecule has 0 aromatic carbocycles. The van der Waals surface area contributed by atoms with Crippen LogP contribution in [0.5, 0.6) is 0 Å². The highest BCUT2D eigenvalue weighted by Gasteiger charge is 2.60. The number of hydrogen-bond acceptors (Lipinski definition) is 1. The van der Waals surface area contributed by atoms with Crippen LogP contribution in [-0.2, 0) is 0 Å². The van der Waals surface area contributed by atoms with Gasteiger partial charge in [-0.15, -0.1) is 0 Å². The minimum Gasteiger partial charge on any atom is -0.393 e. The number of aliphatic hydroxyl groups is 1. The molecule has 0 radical (unpaired) electrons. The van der Waals surface area contributed by atoms with Gasteiger partial charge in [-0.1, -0.05) is 53.9 Å². The molecule has 0 spiro atoms. The number of rotatable bonds is 5. The molecule has 0 heterocycles. The van der Waals surface area contributed by atoms with Gasteiger partial charge in [0.25, 0.3) is 0 Å². The van der Waals surface area contributed by atoms with Crippen molar-refractivity contribution >= 4 is 0 Å². The molecule has 1 N–H and O–H groups in total. The van der Waals surface area contributed by atoms with E-state index in [-0.39, 0.29) is 6.10 Å². The van der Waals surface area contributed by atoms with Crippen molar-refractivity contribution in [2.75, 3.05) is 0 Å². The molecular weight excluding hydrogens is 340 g/mol. The molecule has 0 aliphatic heterocycles. The highest BCUT2D eigenvalue weighted by Crippen LogP contribution is 2.68. The molecule has 0 bridgehead atoms. The molecule has 1 heteroatoms. The summed E-state index contributed by atoms with van der Waals surface area (Å²) in [5.41, 5.74) is 1.15. The largest absolute Gasteiger partial charge is 0.393 e. The Bertz CT molecular complexity index is 540. The Morgan fingerprint density at radius 2 is 1.54 bits per heavy atom. The quantitative estimate of drug-likeness (QED) is 0.518. The first-order valence-corrected chi connectivity index (χ1v) is 12.9. The Hall–Kier alpha value is -0.0400. The van der Waals surface area contributed by atoms with Gasteiger partial charge < -0.3 is 5.11 Å². The van der Waals surface area contributed by atoms with Crippen molar-refractivity contribution in [3.8, 4) is 0 Å². The minimum absolute atomic E-state index is 0.00830. The highest BCUT2D eigenvalue weighted by atomic mass is 16.3. The molecule has 0 amide bonds. The average molecular weight is 389 g/mol. The van der Waals surface area contributed by atoms with Crippen LogP contribution in [0.2, 0.25) is 0 Å². The van der Waals surface area contributed by atoms with Crippen molar-refractivity contribution in [2.24, 2.45) is 52.3 Å². The summed E-state index contributed by atoms with van der Waals surface area (Å²) >= 11 is 0. The fourth-order valence-electron chi connectivity index (χ4n) is 9.26. The SMILES string of the molecule is CC(C)CCC[C@H](C)C1CCC2C3CCC4CC(O)CCC4(C)C3CCC21C. The second-order valence-electron chi connectivity index (χ2n) is 12.6. The molecule has 4 rings (SSSR count). The third-order valence-corrected chi connectivity index (χ3v) is 10.8. The van der Waals surface area contributed by atoms with Crippen molar-refractivity contribution < 1.29 is 5.11 Å². The lowest BCUT2D eigenvalue weighted by molar-refractivity contribution is -0.129. The van der Waals surface area contributed by atoms with Crippen LogP contribution in [0.4, 0.5) is 0 Å². The summed E-state index contributed by atoms with van der Waals surface area (Å²) < 4.78 is 0. The predicted molar refractivity (Wildman–Crippen MR) is 119 cm³/mol. The van der Waals surface area contributed by atoms with Crippen LogP contribution in [0.3, 0.4) is 0 Å². The summed E-state index contributed by atoms with van der Waals surface area (Å²) in [6, 6.07) is 0. The molecule has 4 aliphatic carbocycles. The zero-order chi connectivity index (χ0) is 20.1. The van der Waals surface area contributed by atoms with Crippen molar-refractivity contribution in [1.82, 2.24) is 0 Å². The summed E-state index contributed by atoms with van der Waals surface area (Å²) in [7, 11) is 0. The molecule has 0 aromatic rings. The molecule has 0 saturated heterocycles. The highest BCUT2D eigenvalue weighted by molar-refractivity contribution is 5.09. The van der Waals surface area contributed by atoms with Gasteiger partial charge in [0.05, 0.1) is 6.10 Å². The van der Waals surface area contributed by atoms with Gasteiger partial charge in [-0.2, -0.15) is 0 Å². The van der Waals surface area contributed by atoms with E-state index in [1.54, 1.807) is 0 Å². The first kappa shape index (κ1) is 21.2. The van der Waals surface area contributed by atoms with Gasteiger partial charge >= 0.3 is 0 Å². The van der Waals surface area contributed by atoms with E-state index in [2.05, 4.69) is 34.6 Å². The monoisotopic (exact) mass is 388 g/mol. The smallest absolute Gasteiger partial charge is 0.0543 e. The summed E-state index contributed by atoms with van der Waals surface area (Å²) in [4.78, 5) is 0. The van der Waals surface area contributed by atoms with Gasteiger partial charge in [0.15, 0.2) is 0 Å². The fraction of sp³-hybridized carbons (Fsp3) is 1.00. The second-order valence-corrected chi connectivity index (χ2v) is 12.6. The zero-order valence-electron chi connectivity index (χ0n) is 19.6. The Morgan fingerprint density at radius 1 is 0.821 bits per heavy atom. The van der Waals surface area contributed by atoms with Gasteiger partial charge in [0.2, 0.25) is 0 Å². The van der Waals surface area contributed by atoms with E-state index in [1.807, 2.05) is 0 Å². The number of fused-ring (bicyclic) bond motifs is 5. The Balaban J connectivity index is 1.46. The average Bonchev–Trinajstić information content (AvgIpc) is 2.99.